The van der Waals surface area contributed by atoms with E-state index >= 15 is 0 Å². The zero-order valence-corrected chi connectivity index (χ0v) is 17.1. The highest BCUT2D eigenvalue weighted by Gasteiger charge is 2.23. The van der Waals surface area contributed by atoms with Crippen LogP contribution in [0.5, 0.6) is 0 Å². The molecule has 0 atom stereocenters. The number of nitrogens with one attached hydrogen (secondary N) is 1. The van der Waals surface area contributed by atoms with Crippen LogP contribution < -0.4 is 9.62 Å². The van der Waals surface area contributed by atoms with Crippen molar-refractivity contribution in [3.63, 3.8) is 0 Å². The number of fused-ring (bicyclic) bond motifs is 1. The number of anilines is 1. The maximum Gasteiger partial charge on any atom is 0.209 e. The second kappa shape index (κ2) is 9.04. The SMILES string of the molecule is CCCCCCCCN1CCc2c1cc(C)c(CNS(C)(=O)=O)c2C. The first-order valence-electron chi connectivity index (χ1n) is 9.65. The first kappa shape index (κ1) is 20.2. The lowest BCUT2D eigenvalue weighted by Crippen LogP contribution is -2.23. The van der Waals surface area contributed by atoms with E-state index in [1.165, 1.54) is 67.2 Å². The monoisotopic (exact) mass is 366 g/mol. The van der Waals surface area contributed by atoms with Gasteiger partial charge in [0.05, 0.1) is 6.26 Å². The third-order valence-electron chi connectivity index (χ3n) is 5.31. The maximum absolute atomic E-state index is 11.4. The van der Waals surface area contributed by atoms with E-state index in [4.69, 9.17) is 0 Å². The van der Waals surface area contributed by atoms with E-state index in [2.05, 4.69) is 36.5 Å². The molecule has 4 nitrogen and oxygen atoms in total. The average Bonchev–Trinajstić information content (AvgIpc) is 2.92. The van der Waals surface area contributed by atoms with Crippen molar-refractivity contribution in [3.05, 3.63) is 28.3 Å². The molecule has 0 aliphatic carbocycles. The van der Waals surface area contributed by atoms with E-state index in [1.807, 2.05) is 0 Å². The molecule has 0 fully saturated rings. The van der Waals surface area contributed by atoms with Crippen LogP contribution in [-0.4, -0.2) is 27.8 Å². The van der Waals surface area contributed by atoms with Crippen LogP contribution in [0, 0.1) is 13.8 Å². The topological polar surface area (TPSA) is 49.4 Å². The average molecular weight is 367 g/mol. The quantitative estimate of drug-likeness (QED) is 0.635. The van der Waals surface area contributed by atoms with Gasteiger partial charge in [0.1, 0.15) is 0 Å². The molecule has 1 aromatic carbocycles. The molecule has 1 aromatic rings. The van der Waals surface area contributed by atoms with Crippen LogP contribution in [0.3, 0.4) is 0 Å². The van der Waals surface area contributed by atoms with Crippen LogP contribution in [0.2, 0.25) is 0 Å². The van der Waals surface area contributed by atoms with Gasteiger partial charge in [-0.2, -0.15) is 0 Å². The molecular weight excluding hydrogens is 332 g/mol. The molecule has 0 spiro atoms. The van der Waals surface area contributed by atoms with Crippen molar-refractivity contribution >= 4 is 15.7 Å². The van der Waals surface area contributed by atoms with Gasteiger partial charge in [0.25, 0.3) is 0 Å². The Morgan fingerprint density at radius 3 is 2.48 bits per heavy atom. The van der Waals surface area contributed by atoms with Crippen molar-refractivity contribution in [2.75, 3.05) is 24.2 Å². The third-order valence-corrected chi connectivity index (χ3v) is 5.98. The zero-order valence-electron chi connectivity index (χ0n) is 16.3. The van der Waals surface area contributed by atoms with Gasteiger partial charge >= 0.3 is 0 Å². The lowest BCUT2D eigenvalue weighted by molar-refractivity contribution is 0.587. The summed E-state index contributed by atoms with van der Waals surface area (Å²) >= 11 is 0. The van der Waals surface area contributed by atoms with E-state index < -0.39 is 10.0 Å². The van der Waals surface area contributed by atoms with Crippen molar-refractivity contribution in [2.45, 2.75) is 72.3 Å². The predicted octanol–water partition coefficient (Wildman–Crippen LogP) is 4.08. The number of benzene rings is 1. The molecule has 0 amide bonds. The lowest BCUT2D eigenvalue weighted by atomic mass is 9.96. The normalized spacial score (nSPS) is 14.2. The van der Waals surface area contributed by atoms with Crippen molar-refractivity contribution in [3.8, 4) is 0 Å². The zero-order chi connectivity index (χ0) is 18.4. The fraction of sp³-hybridized carbons (Fsp3) is 0.700. The van der Waals surface area contributed by atoms with Gasteiger partial charge in [-0.15, -0.1) is 0 Å². The molecular formula is C20H34N2O2S. The van der Waals surface area contributed by atoms with Crippen LogP contribution in [0.15, 0.2) is 6.07 Å². The first-order chi connectivity index (χ1) is 11.8. The Bertz CT molecular complexity index is 683. The standard InChI is InChI=1S/C20H34N2O2S/c1-5-6-7-8-9-10-12-22-13-11-18-17(3)19(15-21-25(4,23)24)16(2)14-20(18)22/h14,21H,5-13,15H2,1-4H3. The third kappa shape index (κ3) is 5.71. The number of sulfonamides is 1. The number of unbranched alkanes of at least 4 members (excludes halogenated alkanes) is 5. The minimum absolute atomic E-state index is 0.390. The van der Waals surface area contributed by atoms with Gasteiger partial charge in [-0.3, -0.25) is 0 Å². The van der Waals surface area contributed by atoms with Crippen molar-refractivity contribution in [2.24, 2.45) is 0 Å². The number of hydrogen-bond acceptors (Lipinski definition) is 3. The van der Waals surface area contributed by atoms with E-state index in [0.29, 0.717) is 6.54 Å². The number of aryl methyl sites for hydroxylation is 1. The number of rotatable bonds is 10. The van der Waals surface area contributed by atoms with E-state index in [1.54, 1.807) is 0 Å². The summed E-state index contributed by atoms with van der Waals surface area (Å²) in [5, 5.41) is 0. The summed E-state index contributed by atoms with van der Waals surface area (Å²) in [6.45, 7) is 9.10. The second-order valence-electron chi connectivity index (χ2n) is 7.39. The van der Waals surface area contributed by atoms with Crippen LogP contribution in [0.25, 0.3) is 0 Å². The Hall–Kier alpha value is -1.07. The molecule has 1 aliphatic heterocycles. The predicted molar refractivity (Wildman–Crippen MR) is 107 cm³/mol. The molecule has 0 saturated heterocycles. The molecule has 0 radical (unpaired) electrons. The molecule has 0 aromatic heterocycles. The minimum Gasteiger partial charge on any atom is -0.371 e. The fourth-order valence-corrected chi connectivity index (χ4v) is 4.21. The Balaban J connectivity index is 2.00. The van der Waals surface area contributed by atoms with Crippen LogP contribution >= 0.6 is 0 Å². The summed E-state index contributed by atoms with van der Waals surface area (Å²) in [7, 11) is -3.16. The Labute approximate surface area is 154 Å². The van der Waals surface area contributed by atoms with Gasteiger partial charge in [0.15, 0.2) is 0 Å². The number of hydrogen-bond donors (Lipinski definition) is 1. The molecule has 1 heterocycles. The maximum atomic E-state index is 11.4. The molecule has 142 valence electrons. The number of nitrogens with zero attached hydrogens (tertiary/aromatic N) is 1. The minimum atomic E-state index is -3.16. The van der Waals surface area contributed by atoms with Gasteiger partial charge < -0.3 is 4.90 Å². The summed E-state index contributed by atoms with van der Waals surface area (Å²) in [5.41, 5.74) is 6.35. The van der Waals surface area contributed by atoms with Crippen LogP contribution in [0.4, 0.5) is 5.69 Å². The highest BCUT2D eigenvalue weighted by Crippen LogP contribution is 2.34. The van der Waals surface area contributed by atoms with Crippen molar-refractivity contribution in [1.29, 1.82) is 0 Å². The molecule has 2 rings (SSSR count). The second-order valence-corrected chi connectivity index (χ2v) is 9.23. The lowest BCUT2D eigenvalue weighted by Gasteiger charge is -2.22. The van der Waals surface area contributed by atoms with Crippen molar-refractivity contribution in [1.82, 2.24) is 4.72 Å². The van der Waals surface area contributed by atoms with Gasteiger partial charge in [0.2, 0.25) is 10.0 Å². The highest BCUT2D eigenvalue weighted by atomic mass is 32.2. The largest absolute Gasteiger partial charge is 0.371 e. The smallest absolute Gasteiger partial charge is 0.209 e. The Morgan fingerprint density at radius 1 is 1.12 bits per heavy atom. The van der Waals surface area contributed by atoms with Gasteiger partial charge in [-0.1, -0.05) is 39.0 Å². The molecule has 1 N–H and O–H groups in total. The molecule has 25 heavy (non-hydrogen) atoms. The summed E-state index contributed by atoms with van der Waals surface area (Å²) in [6, 6.07) is 2.26. The van der Waals surface area contributed by atoms with Gasteiger partial charge in [-0.05, 0) is 55.0 Å². The highest BCUT2D eigenvalue weighted by molar-refractivity contribution is 7.88. The summed E-state index contributed by atoms with van der Waals surface area (Å²) in [6.07, 6.45) is 10.2. The molecule has 1 aliphatic rings. The summed E-state index contributed by atoms with van der Waals surface area (Å²) in [5.74, 6) is 0. The Morgan fingerprint density at radius 2 is 1.80 bits per heavy atom. The molecule has 5 heteroatoms. The summed E-state index contributed by atoms with van der Waals surface area (Å²) in [4.78, 5) is 2.52. The first-order valence-corrected chi connectivity index (χ1v) is 11.5. The molecule has 0 saturated carbocycles. The van der Waals surface area contributed by atoms with Crippen molar-refractivity contribution < 1.29 is 8.42 Å². The van der Waals surface area contributed by atoms with Crippen LogP contribution in [0.1, 0.15) is 67.7 Å². The van der Waals surface area contributed by atoms with E-state index in [-0.39, 0.29) is 0 Å². The van der Waals surface area contributed by atoms with E-state index in [9.17, 15) is 8.42 Å². The van der Waals surface area contributed by atoms with Crippen LogP contribution in [-0.2, 0) is 23.0 Å². The van der Waals surface area contributed by atoms with E-state index in [0.717, 1.165) is 25.1 Å². The van der Waals surface area contributed by atoms with Gasteiger partial charge in [-0.25, -0.2) is 13.1 Å². The molecule has 0 unspecified atom stereocenters. The Kier molecular flexibility index (Phi) is 7.32. The fourth-order valence-electron chi connectivity index (χ4n) is 3.80. The van der Waals surface area contributed by atoms with Gasteiger partial charge in [0, 0.05) is 25.3 Å². The molecule has 0 bridgehead atoms. The summed E-state index contributed by atoms with van der Waals surface area (Å²) < 4.78 is 25.5.